The summed E-state index contributed by atoms with van der Waals surface area (Å²) in [5.74, 6) is 2.37. The van der Waals surface area contributed by atoms with Crippen molar-refractivity contribution in [2.75, 3.05) is 19.8 Å². The molecule has 3 heterocycles. The summed E-state index contributed by atoms with van der Waals surface area (Å²) in [6.07, 6.45) is 3.08. The fraction of sp³-hybridized carbons (Fsp3) is 0.391. The number of rotatable bonds is 3. The van der Waals surface area contributed by atoms with E-state index in [1.54, 1.807) is 0 Å². The van der Waals surface area contributed by atoms with Gasteiger partial charge in [-0.1, -0.05) is 18.2 Å². The minimum Gasteiger partial charge on any atom is -0.490 e. The predicted octanol–water partition coefficient (Wildman–Crippen LogP) is 3.98. The van der Waals surface area contributed by atoms with Crippen LogP contribution in [-0.2, 0) is 0 Å². The second-order valence-electron chi connectivity index (χ2n) is 7.80. The van der Waals surface area contributed by atoms with Crippen molar-refractivity contribution in [1.82, 2.24) is 14.9 Å². The molecule has 0 bridgehead atoms. The van der Waals surface area contributed by atoms with Crippen LogP contribution in [0, 0.1) is 0 Å². The summed E-state index contributed by atoms with van der Waals surface area (Å²) in [5.41, 5.74) is 1.88. The maximum atomic E-state index is 12.5. The zero-order valence-corrected chi connectivity index (χ0v) is 16.6. The molecule has 0 unspecified atom stereocenters. The van der Waals surface area contributed by atoms with Gasteiger partial charge in [0.15, 0.2) is 11.5 Å². The molecule has 150 valence electrons. The summed E-state index contributed by atoms with van der Waals surface area (Å²) < 4.78 is 11.7. The van der Waals surface area contributed by atoms with Gasteiger partial charge < -0.3 is 14.5 Å². The number of likely N-dealkylation sites (tertiary alicyclic amines) is 1. The number of hydrogen-bond acceptors (Lipinski definition) is 5. The van der Waals surface area contributed by atoms with Crippen molar-refractivity contribution in [1.29, 1.82) is 0 Å². The standard InChI is InChI=1S/C23H25N3O3/c1-15(22-24-18-7-3-2-6-17(18)23(27)25-22)26-11-4-8-19(26)16-9-10-20-21(14-16)29-13-5-12-28-20/h2-3,6-7,9-10,14-15,19H,4-5,8,11-13H2,1H3,(H,24,25,27)/t15-,19+/m0/s1. The Balaban J connectivity index is 1.46. The molecule has 2 aliphatic rings. The monoisotopic (exact) mass is 391 g/mol. The molecule has 6 nitrogen and oxygen atoms in total. The number of aromatic nitrogens is 2. The Bertz CT molecular complexity index is 1090. The maximum Gasteiger partial charge on any atom is 0.258 e. The van der Waals surface area contributed by atoms with Crippen molar-refractivity contribution in [3.8, 4) is 11.5 Å². The van der Waals surface area contributed by atoms with Gasteiger partial charge >= 0.3 is 0 Å². The van der Waals surface area contributed by atoms with E-state index in [0.29, 0.717) is 18.6 Å². The van der Waals surface area contributed by atoms with Gasteiger partial charge in [0.25, 0.3) is 5.56 Å². The summed E-state index contributed by atoms with van der Waals surface area (Å²) in [4.78, 5) is 22.7. The van der Waals surface area contributed by atoms with Crippen molar-refractivity contribution in [2.24, 2.45) is 0 Å². The van der Waals surface area contributed by atoms with Gasteiger partial charge in [-0.15, -0.1) is 0 Å². The Hall–Kier alpha value is -2.86. The molecule has 1 fully saturated rings. The van der Waals surface area contributed by atoms with Gasteiger partial charge in [0.2, 0.25) is 0 Å². The lowest BCUT2D eigenvalue weighted by Crippen LogP contribution is -2.29. The molecule has 0 aliphatic carbocycles. The average Bonchev–Trinajstić information content (AvgIpc) is 3.11. The number of aromatic amines is 1. The summed E-state index contributed by atoms with van der Waals surface area (Å²) in [7, 11) is 0. The Labute approximate surface area is 169 Å². The summed E-state index contributed by atoms with van der Waals surface area (Å²) in [6.45, 7) is 4.47. The number of nitrogens with one attached hydrogen (secondary N) is 1. The lowest BCUT2D eigenvalue weighted by molar-refractivity contribution is 0.186. The van der Waals surface area contributed by atoms with Crippen molar-refractivity contribution in [2.45, 2.75) is 38.3 Å². The molecule has 0 radical (unpaired) electrons. The lowest BCUT2D eigenvalue weighted by atomic mass is 10.0. The van der Waals surface area contributed by atoms with Crippen molar-refractivity contribution >= 4 is 10.9 Å². The van der Waals surface area contributed by atoms with Crippen LogP contribution in [-0.4, -0.2) is 34.6 Å². The third kappa shape index (κ3) is 3.38. The summed E-state index contributed by atoms with van der Waals surface area (Å²) in [6, 6.07) is 14.0. The van der Waals surface area contributed by atoms with E-state index < -0.39 is 0 Å². The number of fused-ring (bicyclic) bond motifs is 2. The summed E-state index contributed by atoms with van der Waals surface area (Å²) in [5, 5.41) is 0.629. The fourth-order valence-electron chi connectivity index (χ4n) is 4.46. The highest BCUT2D eigenvalue weighted by Crippen LogP contribution is 2.41. The third-order valence-corrected chi connectivity index (χ3v) is 5.97. The number of benzene rings is 2. The smallest absolute Gasteiger partial charge is 0.258 e. The van der Waals surface area contributed by atoms with Gasteiger partial charge in [-0.3, -0.25) is 9.69 Å². The Morgan fingerprint density at radius 3 is 2.83 bits per heavy atom. The lowest BCUT2D eigenvalue weighted by Gasteiger charge is -2.30. The minimum atomic E-state index is -0.0798. The van der Waals surface area contributed by atoms with Crippen LogP contribution in [0.15, 0.2) is 47.3 Å². The number of hydrogen-bond donors (Lipinski definition) is 1. The second-order valence-corrected chi connectivity index (χ2v) is 7.80. The van der Waals surface area contributed by atoms with Gasteiger partial charge in [0, 0.05) is 12.5 Å². The molecule has 2 aromatic carbocycles. The predicted molar refractivity (Wildman–Crippen MR) is 112 cm³/mol. The Morgan fingerprint density at radius 1 is 1.10 bits per heavy atom. The second kappa shape index (κ2) is 7.52. The average molecular weight is 391 g/mol. The zero-order chi connectivity index (χ0) is 19.8. The normalized spacial score (nSPS) is 20.5. The molecule has 5 rings (SSSR count). The molecule has 1 aromatic heterocycles. The van der Waals surface area contributed by atoms with Crippen LogP contribution < -0.4 is 15.0 Å². The highest BCUT2D eigenvalue weighted by atomic mass is 16.5. The molecular formula is C23H25N3O3. The summed E-state index contributed by atoms with van der Waals surface area (Å²) >= 11 is 0. The van der Waals surface area contributed by atoms with E-state index in [0.717, 1.165) is 48.6 Å². The van der Waals surface area contributed by atoms with Gasteiger partial charge in [-0.05, 0) is 56.1 Å². The van der Waals surface area contributed by atoms with Gasteiger partial charge in [-0.2, -0.15) is 0 Å². The van der Waals surface area contributed by atoms with Crippen molar-refractivity contribution in [3.05, 3.63) is 64.2 Å². The first-order valence-electron chi connectivity index (χ1n) is 10.3. The molecule has 3 aromatic rings. The molecule has 0 amide bonds. The quantitative estimate of drug-likeness (QED) is 0.731. The van der Waals surface area contributed by atoms with Gasteiger partial charge in [-0.25, -0.2) is 4.98 Å². The van der Waals surface area contributed by atoms with E-state index in [-0.39, 0.29) is 17.6 Å². The van der Waals surface area contributed by atoms with E-state index in [1.807, 2.05) is 30.3 Å². The van der Waals surface area contributed by atoms with E-state index in [1.165, 1.54) is 5.56 Å². The van der Waals surface area contributed by atoms with Crippen molar-refractivity contribution in [3.63, 3.8) is 0 Å². The van der Waals surface area contributed by atoms with Crippen LogP contribution >= 0.6 is 0 Å². The van der Waals surface area contributed by atoms with Crippen LogP contribution in [0.5, 0.6) is 11.5 Å². The maximum absolute atomic E-state index is 12.5. The molecule has 0 saturated carbocycles. The highest BCUT2D eigenvalue weighted by molar-refractivity contribution is 5.77. The topological polar surface area (TPSA) is 67.5 Å². The van der Waals surface area contributed by atoms with Crippen LogP contribution in [0.2, 0.25) is 0 Å². The SMILES string of the molecule is C[C@@H](c1nc2ccccc2c(=O)[nH]1)N1CCC[C@@H]1c1ccc2c(c1)OCCCO2. The first-order valence-corrected chi connectivity index (χ1v) is 10.3. The Morgan fingerprint density at radius 2 is 1.93 bits per heavy atom. The molecule has 29 heavy (non-hydrogen) atoms. The van der Waals surface area contributed by atoms with E-state index in [4.69, 9.17) is 14.5 Å². The third-order valence-electron chi connectivity index (χ3n) is 5.97. The molecule has 6 heteroatoms. The number of ether oxygens (including phenoxy) is 2. The molecule has 1 saturated heterocycles. The first-order chi connectivity index (χ1) is 14.2. The molecule has 2 aliphatic heterocycles. The van der Waals surface area contributed by atoms with Gasteiger partial charge in [0.05, 0.1) is 30.2 Å². The number of para-hydroxylation sites is 1. The van der Waals surface area contributed by atoms with Crippen molar-refractivity contribution < 1.29 is 9.47 Å². The van der Waals surface area contributed by atoms with Crippen LogP contribution in [0.4, 0.5) is 0 Å². The van der Waals surface area contributed by atoms with E-state index in [2.05, 4.69) is 28.9 Å². The van der Waals surface area contributed by atoms with E-state index >= 15 is 0 Å². The van der Waals surface area contributed by atoms with Crippen LogP contribution in [0.3, 0.4) is 0 Å². The molecule has 1 N–H and O–H groups in total. The molecule has 2 atom stereocenters. The van der Waals surface area contributed by atoms with Gasteiger partial charge in [0.1, 0.15) is 5.82 Å². The minimum absolute atomic E-state index is 0.00999. The zero-order valence-electron chi connectivity index (χ0n) is 16.6. The Kier molecular flexibility index (Phi) is 4.72. The van der Waals surface area contributed by atoms with Crippen LogP contribution in [0.25, 0.3) is 10.9 Å². The number of H-pyrrole nitrogens is 1. The molecule has 0 spiro atoms. The van der Waals surface area contributed by atoms with Crippen LogP contribution in [0.1, 0.15) is 49.7 Å². The highest BCUT2D eigenvalue weighted by Gasteiger charge is 2.32. The largest absolute Gasteiger partial charge is 0.490 e. The molecular weight excluding hydrogens is 366 g/mol. The first kappa shape index (κ1) is 18.2. The van der Waals surface area contributed by atoms with E-state index in [9.17, 15) is 4.79 Å². The fourth-order valence-corrected chi connectivity index (χ4v) is 4.46. The number of nitrogens with zero attached hydrogens (tertiary/aromatic N) is 2.